The zero-order valence-electron chi connectivity index (χ0n) is 20.8. The van der Waals surface area contributed by atoms with Crippen LogP contribution in [0.5, 0.6) is 5.75 Å². The fourth-order valence-electron chi connectivity index (χ4n) is 3.49. The van der Waals surface area contributed by atoms with Crippen molar-refractivity contribution in [1.29, 1.82) is 0 Å². The van der Waals surface area contributed by atoms with Gasteiger partial charge in [-0.2, -0.15) is 48.3 Å². The van der Waals surface area contributed by atoms with Gasteiger partial charge in [0.15, 0.2) is 12.4 Å². The van der Waals surface area contributed by atoms with Crippen LogP contribution < -0.4 is 4.74 Å². The first kappa shape index (κ1) is 32.5. The van der Waals surface area contributed by atoms with Gasteiger partial charge in [0.1, 0.15) is 5.75 Å². The Morgan fingerprint density at radius 3 is 1.67 bits per heavy atom. The third-order valence-corrected chi connectivity index (χ3v) is 5.91. The molecule has 0 bridgehead atoms. The Morgan fingerprint density at radius 2 is 1.15 bits per heavy atom. The fourth-order valence-corrected chi connectivity index (χ4v) is 3.49. The van der Waals surface area contributed by atoms with Gasteiger partial charge in [-0.1, -0.05) is 45.4 Å². The minimum absolute atomic E-state index is 0.218. The van der Waals surface area contributed by atoms with Crippen molar-refractivity contribution in [1.82, 2.24) is 9.97 Å². The lowest BCUT2D eigenvalue weighted by Crippen LogP contribution is -2.67. The van der Waals surface area contributed by atoms with Gasteiger partial charge in [-0.15, -0.1) is 0 Å². The molecule has 39 heavy (non-hydrogen) atoms. The summed E-state index contributed by atoms with van der Waals surface area (Å²) in [6.07, 6.45) is 4.73. The molecule has 0 radical (unpaired) electrons. The van der Waals surface area contributed by atoms with Crippen LogP contribution >= 0.6 is 0 Å². The topological polar surface area (TPSA) is 35.0 Å². The number of aromatic nitrogens is 2. The molecule has 220 valence electrons. The van der Waals surface area contributed by atoms with E-state index in [1.54, 1.807) is 12.4 Å². The van der Waals surface area contributed by atoms with Crippen LogP contribution in [0.25, 0.3) is 11.4 Å². The fraction of sp³-hybridized carbons (Fsp3) is 0.600. The quantitative estimate of drug-likeness (QED) is 0.156. The molecule has 1 aromatic carbocycles. The second kappa shape index (κ2) is 12.7. The first-order chi connectivity index (χ1) is 18.0. The summed E-state index contributed by atoms with van der Waals surface area (Å²) in [4.78, 5) is 8.38. The highest BCUT2D eigenvalue weighted by Gasteiger charge is 2.87. The Labute approximate surface area is 217 Å². The van der Waals surface area contributed by atoms with E-state index in [4.69, 9.17) is 0 Å². The molecule has 0 aliphatic rings. The van der Waals surface area contributed by atoms with Gasteiger partial charge in [0, 0.05) is 18.0 Å². The van der Waals surface area contributed by atoms with E-state index in [1.165, 1.54) is 37.8 Å². The highest BCUT2D eigenvalue weighted by atomic mass is 19.4. The lowest BCUT2D eigenvalue weighted by molar-refractivity contribution is -0.423. The van der Waals surface area contributed by atoms with Crippen molar-refractivity contribution in [3.8, 4) is 17.1 Å². The summed E-state index contributed by atoms with van der Waals surface area (Å²) in [5, 5.41) is 0. The second-order valence-electron chi connectivity index (χ2n) is 9.02. The minimum Gasteiger partial charge on any atom is -0.487 e. The van der Waals surface area contributed by atoms with Gasteiger partial charge in [0.2, 0.25) is 0 Å². The van der Waals surface area contributed by atoms with Crippen molar-refractivity contribution in [2.75, 3.05) is 6.61 Å². The average Bonchev–Trinajstić information content (AvgIpc) is 2.86. The molecule has 0 aliphatic carbocycles. The van der Waals surface area contributed by atoms with Gasteiger partial charge in [-0.3, -0.25) is 0 Å². The number of unbranched alkanes of at least 4 members (excludes halogenated alkanes) is 6. The van der Waals surface area contributed by atoms with Gasteiger partial charge in [0.25, 0.3) is 0 Å². The summed E-state index contributed by atoms with van der Waals surface area (Å²) in [6, 6.07) is 4.37. The average molecular weight is 580 g/mol. The highest BCUT2D eigenvalue weighted by molar-refractivity contribution is 5.55. The molecule has 0 saturated heterocycles. The van der Waals surface area contributed by atoms with E-state index in [0.29, 0.717) is 5.56 Å². The molecular weight excluding hydrogens is 553 g/mol. The number of aryl methyl sites for hydroxylation is 1. The number of hydrogen-bond acceptors (Lipinski definition) is 3. The lowest BCUT2D eigenvalue weighted by Gasteiger charge is -2.37. The lowest BCUT2D eigenvalue weighted by atomic mass is 9.98. The minimum atomic E-state index is -7.47. The summed E-state index contributed by atoms with van der Waals surface area (Å²) in [5.41, 5.74) is 1.24. The van der Waals surface area contributed by atoms with Crippen molar-refractivity contribution in [2.24, 2.45) is 0 Å². The number of benzene rings is 1. The van der Waals surface area contributed by atoms with Crippen LogP contribution in [0.1, 0.15) is 57.4 Å². The Kier molecular flexibility index (Phi) is 10.6. The highest BCUT2D eigenvalue weighted by Crippen LogP contribution is 2.57. The maximum absolute atomic E-state index is 13.8. The molecule has 0 spiro atoms. The number of rotatable bonds is 15. The maximum atomic E-state index is 13.8. The van der Waals surface area contributed by atoms with Crippen LogP contribution in [0.4, 0.5) is 48.3 Å². The van der Waals surface area contributed by atoms with E-state index in [1.807, 2.05) is 0 Å². The molecule has 0 aliphatic heterocycles. The normalized spacial score (nSPS) is 13.5. The van der Waals surface area contributed by atoms with Crippen molar-refractivity contribution in [3.63, 3.8) is 0 Å². The van der Waals surface area contributed by atoms with Gasteiger partial charge < -0.3 is 4.74 Å². The zero-order valence-corrected chi connectivity index (χ0v) is 20.8. The van der Waals surface area contributed by atoms with Crippen molar-refractivity contribution in [3.05, 3.63) is 42.2 Å². The first-order valence-corrected chi connectivity index (χ1v) is 12.1. The Bertz CT molecular complexity index is 1020. The molecule has 0 unspecified atom stereocenters. The van der Waals surface area contributed by atoms with Crippen LogP contribution in [0.3, 0.4) is 0 Å². The third-order valence-electron chi connectivity index (χ3n) is 5.91. The van der Waals surface area contributed by atoms with Crippen molar-refractivity contribution >= 4 is 0 Å². The van der Waals surface area contributed by atoms with E-state index >= 15 is 0 Å². The summed E-state index contributed by atoms with van der Waals surface area (Å²) in [7, 11) is 0. The number of nitrogens with zero attached hydrogens (tertiary/aromatic N) is 2. The molecule has 0 saturated carbocycles. The molecule has 0 amide bonds. The number of alkyl halides is 11. The molecule has 0 atom stereocenters. The number of hydrogen-bond donors (Lipinski definition) is 0. The Morgan fingerprint density at radius 1 is 0.641 bits per heavy atom. The third kappa shape index (κ3) is 7.50. The molecule has 2 rings (SSSR count). The predicted molar refractivity (Wildman–Crippen MR) is 121 cm³/mol. The van der Waals surface area contributed by atoms with Crippen molar-refractivity contribution in [2.45, 2.75) is 88.2 Å². The van der Waals surface area contributed by atoms with Crippen LogP contribution in [0.15, 0.2) is 36.7 Å². The monoisotopic (exact) mass is 580 g/mol. The molecule has 3 nitrogen and oxygen atoms in total. The molecule has 0 N–H and O–H groups in total. The van der Waals surface area contributed by atoms with Crippen molar-refractivity contribution < 1.29 is 53.0 Å². The van der Waals surface area contributed by atoms with Crippen LogP contribution in [0, 0.1) is 0 Å². The van der Waals surface area contributed by atoms with E-state index in [2.05, 4.69) is 21.6 Å². The van der Waals surface area contributed by atoms with Crippen LogP contribution in [-0.4, -0.2) is 46.4 Å². The Balaban J connectivity index is 1.97. The zero-order chi connectivity index (χ0) is 29.5. The van der Waals surface area contributed by atoms with Crippen LogP contribution in [0.2, 0.25) is 0 Å². The van der Waals surface area contributed by atoms with Gasteiger partial charge in [-0.05, 0) is 42.7 Å². The van der Waals surface area contributed by atoms with Gasteiger partial charge in [0.05, 0.1) is 0 Å². The Hall–Kier alpha value is -2.67. The second-order valence-corrected chi connectivity index (χ2v) is 9.02. The molecule has 14 heteroatoms. The standard InChI is InChI=1S/C25H27F11N2O/c1-2-3-4-5-6-7-8-9-17-14-37-20(38-15-17)18-10-12-19(13-11-18)39-16-21(26,27)22(28,29)23(30,31)24(32,33)25(34,35)36/h10-15H,2-9,16H2,1H3. The van der Waals surface area contributed by atoms with E-state index in [9.17, 15) is 48.3 Å². The number of ether oxygens (including phenoxy) is 1. The van der Waals surface area contributed by atoms with E-state index in [-0.39, 0.29) is 5.82 Å². The summed E-state index contributed by atoms with van der Waals surface area (Å²) in [5.74, 6) is -28.5. The predicted octanol–water partition coefficient (Wildman–Crippen LogP) is 8.92. The summed E-state index contributed by atoms with van der Waals surface area (Å²) < 4.78 is 148. The van der Waals surface area contributed by atoms with E-state index < -0.39 is 42.2 Å². The van der Waals surface area contributed by atoms with Crippen LogP contribution in [-0.2, 0) is 6.42 Å². The van der Waals surface area contributed by atoms with Gasteiger partial charge >= 0.3 is 29.9 Å². The number of halogens is 11. The molecule has 1 aromatic heterocycles. The molecule has 0 fully saturated rings. The largest absolute Gasteiger partial charge is 0.487 e. The first-order valence-electron chi connectivity index (χ1n) is 12.1. The SMILES string of the molecule is CCCCCCCCCc1cnc(-c2ccc(OCC(F)(F)C(F)(F)C(F)(F)C(F)(F)C(F)(F)F)cc2)nc1. The molecule has 1 heterocycles. The van der Waals surface area contributed by atoms with Gasteiger partial charge in [-0.25, -0.2) is 9.97 Å². The maximum Gasteiger partial charge on any atom is 0.460 e. The van der Waals surface area contributed by atoms with E-state index in [0.717, 1.165) is 43.4 Å². The summed E-state index contributed by atoms with van der Waals surface area (Å²) in [6.45, 7) is -0.460. The summed E-state index contributed by atoms with van der Waals surface area (Å²) >= 11 is 0. The smallest absolute Gasteiger partial charge is 0.460 e. The molecular formula is C25H27F11N2O. The molecule has 2 aromatic rings.